The molecule has 3 rings (SSSR count). The molecule has 1 aliphatic heterocycles. The van der Waals surface area contributed by atoms with Gasteiger partial charge in [0.25, 0.3) is 0 Å². The first kappa shape index (κ1) is 17.5. The molecule has 2 N–H and O–H groups in total. The van der Waals surface area contributed by atoms with Crippen LogP contribution in [-0.4, -0.2) is 33.3 Å². The van der Waals surface area contributed by atoms with Crippen LogP contribution >= 0.6 is 15.9 Å². The first-order valence-corrected chi connectivity index (χ1v) is 9.48. The summed E-state index contributed by atoms with van der Waals surface area (Å²) in [6, 6.07) is 15.2. The number of hydrogen-bond acceptors (Lipinski definition) is 1. The van der Waals surface area contributed by atoms with Gasteiger partial charge in [-0.25, -0.2) is 0 Å². The van der Waals surface area contributed by atoms with Crippen molar-refractivity contribution in [3.8, 4) is 5.75 Å². The zero-order chi connectivity index (χ0) is 16.9. The summed E-state index contributed by atoms with van der Waals surface area (Å²) in [7, 11) is 1.76. The van der Waals surface area contributed by atoms with Crippen molar-refractivity contribution in [2.45, 2.75) is 20.0 Å². The molecule has 4 heteroatoms. The Bertz CT molecular complexity index is 681. The molecule has 2 aromatic carbocycles. The minimum Gasteiger partial charge on any atom is -0.496 e. The van der Waals surface area contributed by atoms with Crippen LogP contribution in [0.25, 0.3) is 0 Å². The lowest BCUT2D eigenvalue weighted by atomic mass is 10.1. The van der Waals surface area contributed by atoms with Crippen molar-refractivity contribution in [3.05, 3.63) is 63.6 Å². The summed E-state index contributed by atoms with van der Waals surface area (Å²) in [6.45, 7) is 9.27. The third-order valence-electron chi connectivity index (χ3n) is 4.88. The van der Waals surface area contributed by atoms with Gasteiger partial charge in [-0.3, -0.25) is 0 Å². The van der Waals surface area contributed by atoms with Gasteiger partial charge in [0, 0.05) is 15.6 Å². The van der Waals surface area contributed by atoms with Crippen LogP contribution in [0.15, 0.2) is 46.9 Å². The van der Waals surface area contributed by atoms with Crippen LogP contribution in [0, 0.1) is 6.92 Å². The Kier molecular flexibility index (Phi) is 5.93. The Morgan fingerprint density at radius 3 is 2.33 bits per heavy atom. The summed E-state index contributed by atoms with van der Waals surface area (Å²) in [5, 5.41) is 0. The summed E-state index contributed by atoms with van der Waals surface area (Å²) in [6.07, 6.45) is 0. The van der Waals surface area contributed by atoms with E-state index in [1.54, 1.807) is 16.9 Å². The van der Waals surface area contributed by atoms with E-state index in [1.807, 2.05) is 6.07 Å². The SMILES string of the molecule is COc1ccc(Br)cc1C[NH+]1CC[NH+](Cc2cccc(C)c2)CC1. The van der Waals surface area contributed by atoms with Crippen molar-refractivity contribution in [2.24, 2.45) is 0 Å². The van der Waals surface area contributed by atoms with Gasteiger partial charge >= 0.3 is 0 Å². The molecule has 0 unspecified atom stereocenters. The maximum atomic E-state index is 5.51. The number of nitrogens with one attached hydrogen (secondary N) is 2. The molecular weight excluding hydrogens is 364 g/mol. The first-order valence-electron chi connectivity index (χ1n) is 8.69. The molecule has 128 valence electrons. The molecule has 1 heterocycles. The molecule has 0 radical (unpaired) electrons. The third-order valence-corrected chi connectivity index (χ3v) is 5.38. The molecule has 0 aliphatic carbocycles. The minimum atomic E-state index is 1.00. The normalized spacial score (nSPS) is 20.8. The molecule has 2 aromatic rings. The minimum absolute atomic E-state index is 1.00. The van der Waals surface area contributed by atoms with Gasteiger partial charge < -0.3 is 14.5 Å². The topological polar surface area (TPSA) is 18.1 Å². The standard InChI is InChI=1S/C20H25BrN2O/c1-16-4-3-5-17(12-16)14-22-8-10-23(11-9-22)15-18-13-19(21)6-7-20(18)24-2/h3-7,12-13H,8-11,14-15H2,1-2H3/p+2. The van der Waals surface area contributed by atoms with Crippen molar-refractivity contribution >= 4 is 15.9 Å². The molecule has 0 bridgehead atoms. The molecule has 0 atom stereocenters. The van der Waals surface area contributed by atoms with Crippen LogP contribution in [0.5, 0.6) is 5.75 Å². The lowest BCUT2D eigenvalue weighted by Gasteiger charge is -2.30. The quantitative estimate of drug-likeness (QED) is 0.785. The number of halogens is 1. The highest BCUT2D eigenvalue weighted by atomic mass is 79.9. The fourth-order valence-corrected chi connectivity index (χ4v) is 3.98. The summed E-state index contributed by atoms with van der Waals surface area (Å²) in [5.74, 6) is 1.00. The van der Waals surface area contributed by atoms with Crippen molar-refractivity contribution in [1.82, 2.24) is 0 Å². The zero-order valence-corrected chi connectivity index (χ0v) is 16.2. The summed E-state index contributed by atoms with van der Waals surface area (Å²) in [5.41, 5.74) is 4.11. The van der Waals surface area contributed by atoms with Crippen LogP contribution in [-0.2, 0) is 13.1 Å². The van der Waals surface area contributed by atoms with Gasteiger partial charge in [0.15, 0.2) is 0 Å². The summed E-state index contributed by atoms with van der Waals surface area (Å²) >= 11 is 3.57. The van der Waals surface area contributed by atoms with Gasteiger partial charge in [0.05, 0.1) is 7.11 Å². The Balaban J connectivity index is 1.55. The highest BCUT2D eigenvalue weighted by Crippen LogP contribution is 2.22. The smallest absolute Gasteiger partial charge is 0.127 e. The third kappa shape index (κ3) is 4.59. The lowest BCUT2D eigenvalue weighted by Crippen LogP contribution is -3.27. The van der Waals surface area contributed by atoms with E-state index in [1.165, 1.54) is 42.9 Å². The second-order valence-corrected chi connectivity index (χ2v) is 7.71. The maximum Gasteiger partial charge on any atom is 0.127 e. The number of aryl methyl sites for hydroxylation is 1. The Labute approximate surface area is 153 Å². The summed E-state index contributed by atoms with van der Waals surface area (Å²) < 4.78 is 6.64. The van der Waals surface area contributed by atoms with Crippen LogP contribution in [0.4, 0.5) is 0 Å². The van der Waals surface area contributed by atoms with E-state index in [4.69, 9.17) is 4.74 Å². The molecule has 3 nitrogen and oxygen atoms in total. The van der Waals surface area contributed by atoms with Crippen LogP contribution in [0.3, 0.4) is 0 Å². The van der Waals surface area contributed by atoms with E-state index in [9.17, 15) is 0 Å². The number of quaternary nitrogens is 2. The molecule has 0 spiro atoms. The monoisotopic (exact) mass is 390 g/mol. The predicted molar refractivity (Wildman–Crippen MR) is 101 cm³/mol. The van der Waals surface area contributed by atoms with Crippen molar-refractivity contribution in [3.63, 3.8) is 0 Å². The van der Waals surface area contributed by atoms with Crippen LogP contribution in [0.1, 0.15) is 16.7 Å². The van der Waals surface area contributed by atoms with Gasteiger partial charge in [-0.15, -0.1) is 0 Å². The number of piperazine rings is 1. The van der Waals surface area contributed by atoms with Gasteiger partial charge in [-0.05, 0) is 25.1 Å². The highest BCUT2D eigenvalue weighted by Gasteiger charge is 2.24. The Morgan fingerprint density at radius 1 is 0.958 bits per heavy atom. The Hall–Kier alpha value is -1.36. The van der Waals surface area contributed by atoms with Gasteiger partial charge in [-0.1, -0.05) is 45.8 Å². The molecule has 1 aliphatic rings. The lowest BCUT2D eigenvalue weighted by molar-refractivity contribution is -1.02. The fourth-order valence-electron chi connectivity index (χ4n) is 3.58. The Morgan fingerprint density at radius 2 is 1.67 bits per heavy atom. The van der Waals surface area contributed by atoms with Gasteiger partial charge in [0.2, 0.25) is 0 Å². The molecule has 1 fully saturated rings. The highest BCUT2D eigenvalue weighted by molar-refractivity contribution is 9.10. The predicted octanol–water partition coefficient (Wildman–Crippen LogP) is 1.25. The average molecular weight is 391 g/mol. The molecule has 0 amide bonds. The first-order chi connectivity index (χ1) is 11.6. The number of benzene rings is 2. The summed E-state index contributed by atoms with van der Waals surface area (Å²) in [4.78, 5) is 3.35. The van der Waals surface area contributed by atoms with E-state index in [-0.39, 0.29) is 0 Å². The van der Waals surface area contributed by atoms with Crippen molar-refractivity contribution < 1.29 is 14.5 Å². The average Bonchev–Trinajstić information content (AvgIpc) is 2.57. The molecular formula is C20H27BrN2O+2. The molecule has 1 saturated heterocycles. The van der Waals surface area contributed by atoms with E-state index in [0.717, 1.165) is 23.3 Å². The van der Waals surface area contributed by atoms with E-state index < -0.39 is 0 Å². The van der Waals surface area contributed by atoms with E-state index in [2.05, 4.69) is 59.3 Å². The molecule has 0 aromatic heterocycles. The second kappa shape index (κ2) is 8.15. The number of hydrogen-bond donors (Lipinski definition) is 2. The number of methoxy groups -OCH3 is 1. The second-order valence-electron chi connectivity index (χ2n) is 6.80. The number of ether oxygens (including phenoxy) is 1. The van der Waals surface area contributed by atoms with Crippen LogP contribution in [0.2, 0.25) is 0 Å². The van der Waals surface area contributed by atoms with Gasteiger partial charge in [-0.2, -0.15) is 0 Å². The largest absolute Gasteiger partial charge is 0.496 e. The molecule has 24 heavy (non-hydrogen) atoms. The van der Waals surface area contributed by atoms with Crippen molar-refractivity contribution in [2.75, 3.05) is 33.3 Å². The fraction of sp³-hybridized carbons (Fsp3) is 0.400. The zero-order valence-electron chi connectivity index (χ0n) is 14.6. The molecule has 0 saturated carbocycles. The number of rotatable bonds is 5. The van der Waals surface area contributed by atoms with E-state index in [0.29, 0.717) is 0 Å². The van der Waals surface area contributed by atoms with E-state index >= 15 is 0 Å². The van der Waals surface area contributed by atoms with Crippen LogP contribution < -0.4 is 14.5 Å². The van der Waals surface area contributed by atoms with Gasteiger partial charge in [0.1, 0.15) is 45.0 Å². The van der Waals surface area contributed by atoms with Crippen molar-refractivity contribution in [1.29, 1.82) is 0 Å². The maximum absolute atomic E-state index is 5.51.